The molecular weight excluding hydrogens is 384 g/mol. The summed E-state index contributed by atoms with van der Waals surface area (Å²) in [6, 6.07) is 16.3. The highest BCUT2D eigenvalue weighted by atomic mass is 16.2. The van der Waals surface area contributed by atoms with Gasteiger partial charge in [-0.25, -0.2) is 4.79 Å². The third-order valence-electron chi connectivity index (χ3n) is 4.94. The summed E-state index contributed by atoms with van der Waals surface area (Å²) < 4.78 is 0. The van der Waals surface area contributed by atoms with E-state index in [1.807, 2.05) is 12.1 Å². The Morgan fingerprint density at radius 1 is 1.00 bits per heavy atom. The number of amides is 5. The number of benzene rings is 2. The van der Waals surface area contributed by atoms with E-state index >= 15 is 0 Å². The first-order valence-electron chi connectivity index (χ1n) is 9.72. The Balaban J connectivity index is 1.87. The number of hydrogen-bond acceptors (Lipinski definition) is 4. The van der Waals surface area contributed by atoms with Gasteiger partial charge in [-0.05, 0) is 25.0 Å². The Hall–Kier alpha value is -3.68. The molecule has 0 bridgehead atoms. The fraction of sp³-hybridized carbons (Fsp3) is 0.273. The number of rotatable bonds is 7. The lowest BCUT2D eigenvalue weighted by Gasteiger charge is -2.28. The zero-order valence-corrected chi connectivity index (χ0v) is 16.8. The normalized spacial score (nSPS) is 16.0. The second-order valence-electron chi connectivity index (χ2n) is 6.99. The Bertz CT molecular complexity index is 907. The van der Waals surface area contributed by atoms with Crippen molar-refractivity contribution >= 4 is 23.8 Å². The van der Waals surface area contributed by atoms with Crippen LogP contribution in [0.25, 0.3) is 0 Å². The minimum absolute atomic E-state index is 0.342. The summed E-state index contributed by atoms with van der Waals surface area (Å²) in [5, 5.41) is 7.90. The zero-order chi connectivity index (χ0) is 21.7. The molecule has 8 heteroatoms. The van der Waals surface area contributed by atoms with Gasteiger partial charge < -0.3 is 16.0 Å². The molecule has 1 atom stereocenters. The van der Waals surface area contributed by atoms with E-state index in [4.69, 9.17) is 0 Å². The summed E-state index contributed by atoms with van der Waals surface area (Å²) in [6.07, 6.45) is 0. The molecule has 0 aromatic heterocycles. The number of nitrogens with one attached hydrogen (secondary N) is 3. The monoisotopic (exact) mass is 408 g/mol. The molecule has 1 heterocycles. The molecule has 0 aliphatic carbocycles. The first-order chi connectivity index (χ1) is 14.4. The number of nitrogens with zero attached hydrogens (tertiary/aromatic N) is 1. The highest BCUT2D eigenvalue weighted by molar-refractivity contribution is 6.11. The molecule has 2 aromatic carbocycles. The highest BCUT2D eigenvalue weighted by Crippen LogP contribution is 2.35. The Kier molecular flexibility index (Phi) is 6.15. The van der Waals surface area contributed by atoms with Gasteiger partial charge in [0.1, 0.15) is 12.6 Å². The first kappa shape index (κ1) is 21.0. The fourth-order valence-electron chi connectivity index (χ4n) is 3.48. The van der Waals surface area contributed by atoms with Gasteiger partial charge in [0.25, 0.3) is 5.91 Å². The summed E-state index contributed by atoms with van der Waals surface area (Å²) in [5.74, 6) is -1.49. The van der Waals surface area contributed by atoms with E-state index in [0.29, 0.717) is 17.7 Å². The number of urea groups is 1. The second kappa shape index (κ2) is 8.77. The first-order valence-corrected chi connectivity index (χ1v) is 9.72. The topological polar surface area (TPSA) is 108 Å². The zero-order valence-electron chi connectivity index (χ0n) is 16.8. The highest BCUT2D eigenvalue weighted by Gasteiger charge is 2.54. The van der Waals surface area contributed by atoms with Crippen LogP contribution in [0.2, 0.25) is 0 Å². The molecule has 1 fully saturated rings. The van der Waals surface area contributed by atoms with Crippen LogP contribution in [0.5, 0.6) is 0 Å². The molecule has 2 aromatic rings. The predicted molar refractivity (Wildman–Crippen MR) is 110 cm³/mol. The summed E-state index contributed by atoms with van der Waals surface area (Å²) >= 11 is 0. The van der Waals surface area contributed by atoms with Gasteiger partial charge in [0.15, 0.2) is 5.54 Å². The Morgan fingerprint density at radius 2 is 1.53 bits per heavy atom. The smallest absolute Gasteiger partial charge is 0.326 e. The number of carbonyl (C=O) groups is 4. The van der Waals surface area contributed by atoms with E-state index in [2.05, 4.69) is 16.0 Å². The van der Waals surface area contributed by atoms with Gasteiger partial charge in [0.05, 0.1) is 0 Å². The van der Waals surface area contributed by atoms with Gasteiger partial charge in [-0.2, -0.15) is 0 Å². The summed E-state index contributed by atoms with van der Waals surface area (Å²) in [4.78, 5) is 51.4. The van der Waals surface area contributed by atoms with Crippen LogP contribution in [-0.2, 0) is 19.9 Å². The maximum absolute atomic E-state index is 13.5. The number of hydrogen-bond donors (Lipinski definition) is 3. The van der Waals surface area contributed by atoms with Gasteiger partial charge >= 0.3 is 6.03 Å². The van der Waals surface area contributed by atoms with Gasteiger partial charge in [0.2, 0.25) is 11.8 Å². The van der Waals surface area contributed by atoms with Gasteiger partial charge in [-0.3, -0.25) is 19.3 Å². The summed E-state index contributed by atoms with van der Waals surface area (Å²) in [6.45, 7) is 3.25. The fourth-order valence-corrected chi connectivity index (χ4v) is 3.48. The lowest BCUT2D eigenvalue weighted by molar-refractivity contribution is -0.135. The van der Waals surface area contributed by atoms with Crippen LogP contribution < -0.4 is 16.0 Å². The van der Waals surface area contributed by atoms with E-state index in [1.165, 1.54) is 6.92 Å². The van der Waals surface area contributed by atoms with E-state index in [0.717, 1.165) is 4.90 Å². The Morgan fingerprint density at radius 3 is 2.03 bits per heavy atom. The molecule has 30 heavy (non-hydrogen) atoms. The molecule has 0 saturated carbocycles. The van der Waals surface area contributed by atoms with Crippen molar-refractivity contribution < 1.29 is 19.2 Å². The Labute approximate surface area is 174 Å². The molecule has 1 aliphatic heterocycles. The van der Waals surface area contributed by atoms with Gasteiger partial charge in [-0.1, -0.05) is 60.7 Å². The van der Waals surface area contributed by atoms with Gasteiger partial charge in [0, 0.05) is 6.54 Å². The molecule has 3 N–H and O–H groups in total. The van der Waals surface area contributed by atoms with Crippen LogP contribution in [0, 0.1) is 0 Å². The van der Waals surface area contributed by atoms with E-state index in [1.54, 1.807) is 55.5 Å². The number of imide groups is 1. The van der Waals surface area contributed by atoms with Crippen LogP contribution in [0.15, 0.2) is 60.7 Å². The van der Waals surface area contributed by atoms with Crippen molar-refractivity contribution in [3.05, 3.63) is 71.8 Å². The lowest BCUT2D eigenvalue weighted by Crippen LogP contribution is -2.49. The van der Waals surface area contributed by atoms with Crippen molar-refractivity contribution in [1.82, 2.24) is 20.9 Å². The maximum atomic E-state index is 13.5. The van der Waals surface area contributed by atoms with Crippen molar-refractivity contribution in [1.29, 1.82) is 0 Å². The molecule has 0 unspecified atom stereocenters. The van der Waals surface area contributed by atoms with Crippen LogP contribution in [0.3, 0.4) is 0 Å². The third kappa shape index (κ3) is 3.89. The van der Waals surface area contributed by atoms with E-state index in [9.17, 15) is 19.2 Å². The van der Waals surface area contributed by atoms with Crippen LogP contribution >= 0.6 is 0 Å². The number of likely N-dealkylation sites (N-methyl/N-ethyl adjacent to an activating group) is 1. The minimum atomic E-state index is -1.43. The van der Waals surface area contributed by atoms with Crippen molar-refractivity contribution in [3.63, 3.8) is 0 Å². The number of carbonyl (C=O) groups excluding carboxylic acids is 4. The molecule has 0 radical (unpaired) electrons. The largest absolute Gasteiger partial charge is 0.355 e. The average Bonchev–Trinajstić information content (AvgIpc) is 3.00. The lowest BCUT2D eigenvalue weighted by atomic mass is 9.82. The second-order valence-corrected chi connectivity index (χ2v) is 6.99. The SMILES string of the molecule is CCNC(=O)[C@H](C)NC(=O)CN1C(=O)NC(c2ccccc2)(c2ccccc2)C1=O. The standard InChI is InChI=1S/C22H24N4O4/c1-3-23-19(28)15(2)24-18(27)14-26-20(29)22(25-21(26)30,16-10-6-4-7-11-16)17-12-8-5-9-13-17/h4-13,15H,3,14H2,1-2H3,(H,23,28)(H,24,27)(H,25,30)/t15-/m0/s1. The third-order valence-corrected chi connectivity index (χ3v) is 4.94. The molecule has 1 aliphatic rings. The molecular formula is C22H24N4O4. The molecule has 8 nitrogen and oxygen atoms in total. The average molecular weight is 408 g/mol. The molecule has 156 valence electrons. The molecule has 1 saturated heterocycles. The molecule has 5 amide bonds. The summed E-state index contributed by atoms with van der Waals surface area (Å²) in [5.41, 5.74) is -0.244. The van der Waals surface area contributed by atoms with Crippen molar-refractivity contribution in [3.8, 4) is 0 Å². The van der Waals surface area contributed by atoms with Crippen molar-refractivity contribution in [2.24, 2.45) is 0 Å². The molecule has 0 spiro atoms. The van der Waals surface area contributed by atoms with Crippen molar-refractivity contribution in [2.75, 3.05) is 13.1 Å². The summed E-state index contributed by atoms with van der Waals surface area (Å²) in [7, 11) is 0. The van der Waals surface area contributed by atoms with E-state index < -0.39 is 36.0 Å². The van der Waals surface area contributed by atoms with Crippen LogP contribution in [0.4, 0.5) is 4.79 Å². The van der Waals surface area contributed by atoms with Crippen molar-refractivity contribution in [2.45, 2.75) is 25.4 Å². The van der Waals surface area contributed by atoms with E-state index in [-0.39, 0.29) is 5.91 Å². The predicted octanol–water partition coefficient (Wildman–Crippen LogP) is 1.12. The molecule has 3 rings (SSSR count). The van der Waals surface area contributed by atoms with Crippen LogP contribution in [-0.4, -0.2) is 47.8 Å². The maximum Gasteiger partial charge on any atom is 0.326 e. The minimum Gasteiger partial charge on any atom is -0.355 e. The quantitative estimate of drug-likeness (QED) is 0.597. The van der Waals surface area contributed by atoms with Gasteiger partial charge in [-0.15, -0.1) is 0 Å². The van der Waals surface area contributed by atoms with Crippen LogP contribution in [0.1, 0.15) is 25.0 Å².